The van der Waals surface area contributed by atoms with E-state index in [9.17, 15) is 35.5 Å². The second kappa shape index (κ2) is 10.9. The average Bonchev–Trinajstić information content (AvgIpc) is 2.88. The number of pyridine rings is 1. The van der Waals surface area contributed by atoms with Crippen LogP contribution in [0.1, 0.15) is 45.2 Å². The predicted octanol–water partition coefficient (Wildman–Crippen LogP) is 8.06. The fourth-order valence-electron chi connectivity index (χ4n) is 4.32. The Labute approximate surface area is 229 Å². The molecular formula is C29H20ClF7N2O. The maximum Gasteiger partial charge on any atom is 0.416 e. The SMILES string of the molecule is CC(F)(F)c1cc(C(=O)N[C@](Cc2ccccc2)(c2cc(F)cc(C(F)(F)F)c2)c2ccc(Cl)cn2)ccc1F. The van der Waals surface area contributed by atoms with Crippen LogP contribution in [-0.4, -0.2) is 10.9 Å². The van der Waals surface area contributed by atoms with Crippen LogP contribution in [0.4, 0.5) is 30.7 Å². The molecule has 4 aromatic rings. The highest BCUT2D eigenvalue weighted by atomic mass is 35.5. The molecule has 0 aliphatic carbocycles. The zero-order chi connectivity index (χ0) is 29.3. The van der Waals surface area contributed by atoms with E-state index in [2.05, 4.69) is 10.3 Å². The molecule has 3 aromatic carbocycles. The van der Waals surface area contributed by atoms with E-state index >= 15 is 0 Å². The van der Waals surface area contributed by atoms with E-state index in [1.165, 1.54) is 18.3 Å². The van der Waals surface area contributed by atoms with Crippen LogP contribution in [-0.2, 0) is 24.1 Å². The van der Waals surface area contributed by atoms with Gasteiger partial charge in [-0.2, -0.15) is 13.2 Å². The summed E-state index contributed by atoms with van der Waals surface area (Å²) in [6, 6.07) is 15.1. The Morgan fingerprint density at radius 2 is 1.55 bits per heavy atom. The highest BCUT2D eigenvalue weighted by Crippen LogP contribution is 2.38. The summed E-state index contributed by atoms with van der Waals surface area (Å²) in [5.74, 6) is -7.17. The summed E-state index contributed by atoms with van der Waals surface area (Å²) in [7, 11) is 0. The van der Waals surface area contributed by atoms with E-state index in [1.54, 1.807) is 30.3 Å². The third kappa shape index (κ3) is 6.28. The zero-order valence-electron chi connectivity index (χ0n) is 20.7. The van der Waals surface area contributed by atoms with Gasteiger partial charge in [-0.15, -0.1) is 0 Å². The van der Waals surface area contributed by atoms with Gasteiger partial charge in [-0.25, -0.2) is 17.6 Å². The standard InChI is InChI=1S/C29H20ClF7N2O/c1-27(33,34)23-11-18(7-9-24(23)32)26(40)39-28(15-17-5-3-2-4-6-17,25-10-8-21(30)16-38-25)19-12-20(29(35,36)37)14-22(31)13-19/h2-14,16H,15H2,1H3,(H,39,40)/t28-/m1/s1. The van der Waals surface area contributed by atoms with Crippen molar-refractivity contribution < 1.29 is 35.5 Å². The molecule has 0 radical (unpaired) electrons. The quantitative estimate of drug-likeness (QED) is 0.225. The van der Waals surface area contributed by atoms with Gasteiger partial charge in [-0.3, -0.25) is 9.78 Å². The molecule has 0 spiro atoms. The van der Waals surface area contributed by atoms with Gasteiger partial charge in [-0.1, -0.05) is 41.9 Å². The van der Waals surface area contributed by atoms with Crippen LogP contribution in [0.2, 0.25) is 5.02 Å². The summed E-state index contributed by atoms with van der Waals surface area (Å²) in [4.78, 5) is 17.8. The van der Waals surface area contributed by atoms with Gasteiger partial charge in [0.15, 0.2) is 0 Å². The number of nitrogens with zero attached hydrogens (tertiary/aromatic N) is 1. The third-order valence-corrected chi connectivity index (χ3v) is 6.45. The van der Waals surface area contributed by atoms with Crippen molar-refractivity contribution >= 4 is 17.5 Å². The first-order valence-corrected chi connectivity index (χ1v) is 12.1. The van der Waals surface area contributed by atoms with Crippen molar-refractivity contribution in [3.05, 3.63) is 135 Å². The number of alkyl halides is 5. The number of carbonyl (C=O) groups is 1. The lowest BCUT2D eigenvalue weighted by atomic mass is 9.79. The smallest absolute Gasteiger partial charge is 0.337 e. The Balaban J connectivity index is 1.98. The molecule has 3 nitrogen and oxygen atoms in total. The molecule has 0 unspecified atom stereocenters. The van der Waals surface area contributed by atoms with E-state index in [0.717, 1.165) is 12.1 Å². The van der Waals surface area contributed by atoms with E-state index in [0.29, 0.717) is 36.8 Å². The summed E-state index contributed by atoms with van der Waals surface area (Å²) in [5.41, 5.74) is -4.57. The lowest BCUT2D eigenvalue weighted by Gasteiger charge is -2.36. The van der Waals surface area contributed by atoms with Crippen molar-refractivity contribution in [2.24, 2.45) is 0 Å². The van der Waals surface area contributed by atoms with E-state index < -0.39 is 51.9 Å². The second-order valence-electron chi connectivity index (χ2n) is 9.19. The van der Waals surface area contributed by atoms with Crippen molar-refractivity contribution in [2.45, 2.75) is 31.0 Å². The Morgan fingerprint density at radius 1 is 0.875 bits per heavy atom. The number of carbonyl (C=O) groups excluding carboxylic acids is 1. The van der Waals surface area contributed by atoms with Crippen LogP contribution >= 0.6 is 11.6 Å². The van der Waals surface area contributed by atoms with Gasteiger partial charge in [0.1, 0.15) is 17.2 Å². The number of hydrogen-bond acceptors (Lipinski definition) is 2. The Bertz CT molecular complexity index is 1520. The van der Waals surface area contributed by atoms with Crippen molar-refractivity contribution in [1.29, 1.82) is 0 Å². The Hall–Kier alpha value is -3.92. The number of benzene rings is 3. The van der Waals surface area contributed by atoms with Crippen molar-refractivity contribution in [3.8, 4) is 0 Å². The third-order valence-electron chi connectivity index (χ3n) is 6.22. The molecule has 1 atom stereocenters. The topological polar surface area (TPSA) is 42.0 Å². The molecule has 0 bridgehead atoms. The molecule has 208 valence electrons. The molecule has 0 aliphatic rings. The number of halogens is 8. The minimum absolute atomic E-state index is 0.0176. The molecule has 1 N–H and O–H groups in total. The summed E-state index contributed by atoms with van der Waals surface area (Å²) in [5, 5.41) is 2.78. The van der Waals surface area contributed by atoms with Crippen molar-refractivity contribution in [3.63, 3.8) is 0 Å². The second-order valence-corrected chi connectivity index (χ2v) is 9.63. The highest BCUT2D eigenvalue weighted by Gasteiger charge is 2.41. The number of nitrogens with one attached hydrogen (secondary N) is 1. The number of rotatable bonds is 7. The molecule has 1 aromatic heterocycles. The van der Waals surface area contributed by atoms with Gasteiger partial charge in [-0.05, 0) is 59.7 Å². The molecule has 11 heteroatoms. The fourth-order valence-corrected chi connectivity index (χ4v) is 4.43. The lowest BCUT2D eigenvalue weighted by Crippen LogP contribution is -2.49. The van der Waals surface area contributed by atoms with Crippen molar-refractivity contribution in [2.75, 3.05) is 0 Å². The Morgan fingerprint density at radius 3 is 2.15 bits per heavy atom. The van der Waals surface area contributed by atoms with Crippen LogP contribution in [0.5, 0.6) is 0 Å². The normalized spacial score (nSPS) is 13.5. The molecule has 0 aliphatic heterocycles. The molecule has 0 saturated heterocycles. The van der Waals surface area contributed by atoms with E-state index in [4.69, 9.17) is 11.6 Å². The average molecular weight is 581 g/mol. The Kier molecular flexibility index (Phi) is 7.94. The predicted molar refractivity (Wildman–Crippen MR) is 135 cm³/mol. The molecule has 1 amide bonds. The minimum atomic E-state index is -4.94. The first kappa shape index (κ1) is 29.1. The van der Waals surface area contributed by atoms with E-state index in [-0.39, 0.29) is 22.7 Å². The molecule has 0 saturated carbocycles. The highest BCUT2D eigenvalue weighted by molar-refractivity contribution is 6.30. The summed E-state index contributed by atoms with van der Waals surface area (Å²) in [6.07, 6.45) is -3.97. The summed E-state index contributed by atoms with van der Waals surface area (Å²) >= 11 is 5.99. The van der Waals surface area contributed by atoms with Gasteiger partial charge in [0, 0.05) is 25.1 Å². The maximum absolute atomic E-state index is 14.7. The maximum atomic E-state index is 14.7. The van der Waals surface area contributed by atoms with Crippen LogP contribution < -0.4 is 5.32 Å². The molecule has 4 rings (SSSR count). The fraction of sp³-hybridized carbons (Fsp3) is 0.172. The monoisotopic (exact) mass is 580 g/mol. The van der Waals surface area contributed by atoms with Crippen molar-refractivity contribution in [1.82, 2.24) is 10.3 Å². The largest absolute Gasteiger partial charge is 0.416 e. The van der Waals surface area contributed by atoms with Crippen LogP contribution in [0, 0.1) is 11.6 Å². The number of aromatic nitrogens is 1. The van der Waals surface area contributed by atoms with Crippen LogP contribution in [0.15, 0.2) is 85.1 Å². The molecule has 40 heavy (non-hydrogen) atoms. The van der Waals surface area contributed by atoms with Crippen LogP contribution in [0.25, 0.3) is 0 Å². The zero-order valence-corrected chi connectivity index (χ0v) is 21.4. The lowest BCUT2D eigenvalue weighted by molar-refractivity contribution is -0.137. The minimum Gasteiger partial charge on any atom is -0.337 e. The van der Waals surface area contributed by atoms with Crippen LogP contribution in [0.3, 0.4) is 0 Å². The van der Waals surface area contributed by atoms with Gasteiger partial charge in [0.05, 0.1) is 21.8 Å². The van der Waals surface area contributed by atoms with E-state index in [1.807, 2.05) is 0 Å². The van der Waals surface area contributed by atoms with Gasteiger partial charge in [0.25, 0.3) is 11.8 Å². The molecular weight excluding hydrogens is 561 g/mol. The number of hydrogen-bond donors (Lipinski definition) is 1. The van der Waals surface area contributed by atoms with Gasteiger partial charge >= 0.3 is 6.18 Å². The molecule has 0 fully saturated rings. The summed E-state index contributed by atoms with van der Waals surface area (Å²) < 4.78 is 98.1. The first-order chi connectivity index (χ1) is 18.7. The number of amides is 1. The molecule has 1 heterocycles. The summed E-state index contributed by atoms with van der Waals surface area (Å²) in [6.45, 7) is 0.454. The van der Waals surface area contributed by atoms with Gasteiger partial charge < -0.3 is 5.32 Å². The first-order valence-electron chi connectivity index (χ1n) is 11.7. The van der Waals surface area contributed by atoms with Gasteiger partial charge in [0.2, 0.25) is 0 Å².